The summed E-state index contributed by atoms with van der Waals surface area (Å²) in [5.74, 6) is 2.93. The van der Waals surface area contributed by atoms with Crippen LogP contribution in [0.3, 0.4) is 0 Å². The van der Waals surface area contributed by atoms with E-state index in [1.807, 2.05) is 18.3 Å². The smallest absolute Gasteiger partial charge is 0.137 e. The number of hydrogen-bond donors (Lipinski definition) is 0. The Morgan fingerprint density at radius 1 is 0.938 bits per heavy atom. The van der Waals surface area contributed by atoms with Crippen molar-refractivity contribution in [1.29, 1.82) is 0 Å². The molecular formula is C27H28N4O. The molecule has 0 saturated carbocycles. The van der Waals surface area contributed by atoms with E-state index in [2.05, 4.69) is 68.3 Å². The SMILES string of the molecule is COc1ccc(Cc2nnc(CC3=CCc4ccccc43)n2CCCC2=CCC=N2)cc1. The topological polar surface area (TPSA) is 52.3 Å². The van der Waals surface area contributed by atoms with Gasteiger partial charge in [-0.25, -0.2) is 0 Å². The zero-order valence-corrected chi connectivity index (χ0v) is 18.5. The highest BCUT2D eigenvalue weighted by Gasteiger charge is 2.19. The summed E-state index contributed by atoms with van der Waals surface area (Å²) < 4.78 is 7.62. The van der Waals surface area contributed by atoms with Gasteiger partial charge >= 0.3 is 0 Å². The number of methoxy groups -OCH3 is 1. The van der Waals surface area contributed by atoms with E-state index < -0.39 is 0 Å². The molecule has 1 aliphatic carbocycles. The van der Waals surface area contributed by atoms with Crippen LogP contribution in [0.15, 0.2) is 71.4 Å². The van der Waals surface area contributed by atoms with E-state index in [4.69, 9.17) is 4.74 Å². The highest BCUT2D eigenvalue weighted by atomic mass is 16.5. The summed E-state index contributed by atoms with van der Waals surface area (Å²) in [5, 5.41) is 9.25. The molecule has 0 unspecified atom stereocenters. The summed E-state index contributed by atoms with van der Waals surface area (Å²) in [6.45, 7) is 0.898. The molecule has 32 heavy (non-hydrogen) atoms. The first-order chi connectivity index (χ1) is 15.8. The van der Waals surface area contributed by atoms with Gasteiger partial charge in [-0.2, -0.15) is 0 Å². The molecule has 1 aliphatic heterocycles. The molecule has 0 radical (unpaired) electrons. The molecule has 2 aliphatic rings. The van der Waals surface area contributed by atoms with Gasteiger partial charge in [-0.1, -0.05) is 48.6 Å². The summed E-state index contributed by atoms with van der Waals surface area (Å²) in [7, 11) is 1.69. The highest BCUT2D eigenvalue weighted by molar-refractivity contribution is 5.74. The van der Waals surface area contributed by atoms with Crippen molar-refractivity contribution in [3.63, 3.8) is 0 Å². The number of ether oxygens (including phenoxy) is 1. The van der Waals surface area contributed by atoms with E-state index in [1.165, 1.54) is 28.0 Å². The summed E-state index contributed by atoms with van der Waals surface area (Å²) in [6.07, 6.45) is 12.1. The van der Waals surface area contributed by atoms with Crippen molar-refractivity contribution in [3.8, 4) is 5.75 Å². The van der Waals surface area contributed by atoms with Crippen LogP contribution in [0.4, 0.5) is 0 Å². The third-order valence-corrected chi connectivity index (χ3v) is 6.24. The zero-order valence-electron chi connectivity index (χ0n) is 18.5. The maximum Gasteiger partial charge on any atom is 0.137 e. The molecule has 3 aromatic rings. The number of hydrogen-bond acceptors (Lipinski definition) is 4. The van der Waals surface area contributed by atoms with Crippen LogP contribution in [-0.4, -0.2) is 28.1 Å². The molecule has 0 saturated heterocycles. The van der Waals surface area contributed by atoms with Crippen LogP contribution < -0.4 is 4.74 Å². The number of rotatable bonds is 9. The van der Waals surface area contributed by atoms with Crippen LogP contribution in [0, 0.1) is 0 Å². The summed E-state index contributed by atoms with van der Waals surface area (Å²) >= 11 is 0. The fourth-order valence-electron chi connectivity index (χ4n) is 4.51. The first kappa shape index (κ1) is 20.4. The Hall–Kier alpha value is -3.47. The van der Waals surface area contributed by atoms with Gasteiger partial charge in [0.15, 0.2) is 0 Å². The van der Waals surface area contributed by atoms with Gasteiger partial charge in [0.05, 0.1) is 7.11 Å². The van der Waals surface area contributed by atoms with Crippen LogP contribution in [0.5, 0.6) is 5.75 Å². The second-order valence-corrected chi connectivity index (χ2v) is 8.32. The largest absolute Gasteiger partial charge is 0.497 e. The Kier molecular flexibility index (Phi) is 5.97. The predicted octanol–water partition coefficient (Wildman–Crippen LogP) is 5.20. The first-order valence-corrected chi connectivity index (χ1v) is 11.3. The van der Waals surface area contributed by atoms with E-state index in [9.17, 15) is 0 Å². The fourth-order valence-corrected chi connectivity index (χ4v) is 4.51. The van der Waals surface area contributed by atoms with Crippen LogP contribution in [0.2, 0.25) is 0 Å². The minimum Gasteiger partial charge on any atom is -0.497 e. The second kappa shape index (κ2) is 9.35. The molecule has 0 bridgehead atoms. The third kappa shape index (κ3) is 4.42. The van der Waals surface area contributed by atoms with Crippen LogP contribution in [0.1, 0.15) is 47.6 Å². The summed E-state index contributed by atoms with van der Waals surface area (Å²) in [5.41, 5.74) is 6.51. The van der Waals surface area contributed by atoms with Crippen molar-refractivity contribution in [1.82, 2.24) is 14.8 Å². The number of allylic oxidation sites excluding steroid dienone is 4. The quantitative estimate of drug-likeness (QED) is 0.474. The molecule has 5 heteroatoms. The average molecular weight is 425 g/mol. The van der Waals surface area contributed by atoms with Gasteiger partial charge in [0.2, 0.25) is 0 Å². The van der Waals surface area contributed by atoms with E-state index in [0.29, 0.717) is 0 Å². The lowest BCUT2D eigenvalue weighted by molar-refractivity contribution is 0.414. The van der Waals surface area contributed by atoms with Gasteiger partial charge in [0.1, 0.15) is 17.4 Å². The minimum atomic E-state index is 0.757. The molecule has 0 amide bonds. The normalized spacial score (nSPS) is 14.4. The predicted molar refractivity (Wildman–Crippen MR) is 128 cm³/mol. The highest BCUT2D eigenvalue weighted by Crippen LogP contribution is 2.30. The number of aromatic nitrogens is 3. The lowest BCUT2D eigenvalue weighted by atomic mass is 10.0. The molecule has 0 fully saturated rings. The van der Waals surface area contributed by atoms with Crippen molar-refractivity contribution in [2.24, 2.45) is 4.99 Å². The van der Waals surface area contributed by atoms with Crippen molar-refractivity contribution >= 4 is 11.8 Å². The standard InChI is InChI=1S/C27H28N4O/c1-32-24-14-10-20(11-15-24)18-26-29-30-27(31(26)17-5-8-23-7-4-16-28-23)19-22-13-12-21-6-2-3-9-25(21)22/h2-3,6-7,9-11,13-16H,4-5,8,12,17-19H2,1H3. The average Bonchev–Trinajstić information content (AvgIpc) is 3.57. The lowest BCUT2D eigenvalue weighted by Crippen LogP contribution is -2.10. The Bertz CT molecular complexity index is 1180. The number of benzene rings is 2. The zero-order chi connectivity index (χ0) is 21.8. The number of aliphatic imine (C=N–C) groups is 1. The third-order valence-electron chi connectivity index (χ3n) is 6.24. The molecule has 5 nitrogen and oxygen atoms in total. The van der Waals surface area contributed by atoms with Crippen LogP contribution in [-0.2, 0) is 25.8 Å². The van der Waals surface area contributed by atoms with E-state index in [1.54, 1.807) is 7.11 Å². The Labute approximate surface area is 189 Å². The molecular weight excluding hydrogens is 396 g/mol. The van der Waals surface area contributed by atoms with E-state index >= 15 is 0 Å². The monoisotopic (exact) mass is 424 g/mol. The van der Waals surface area contributed by atoms with Crippen LogP contribution >= 0.6 is 0 Å². The molecule has 2 aromatic carbocycles. The molecule has 162 valence electrons. The number of fused-ring (bicyclic) bond motifs is 1. The molecule has 0 N–H and O–H groups in total. The summed E-state index contributed by atoms with van der Waals surface area (Å²) in [4.78, 5) is 4.47. The minimum absolute atomic E-state index is 0.757. The molecule has 0 atom stereocenters. The maximum atomic E-state index is 5.30. The second-order valence-electron chi connectivity index (χ2n) is 8.32. The van der Waals surface area contributed by atoms with Crippen molar-refractivity contribution in [3.05, 3.63) is 94.7 Å². The molecule has 5 rings (SSSR count). The fraction of sp³-hybridized carbons (Fsp3) is 0.296. The maximum absolute atomic E-state index is 5.30. The molecule has 2 heterocycles. The summed E-state index contributed by atoms with van der Waals surface area (Å²) in [6, 6.07) is 16.9. The number of nitrogens with zero attached hydrogens (tertiary/aromatic N) is 4. The van der Waals surface area contributed by atoms with Gasteiger partial charge in [-0.3, -0.25) is 4.99 Å². The van der Waals surface area contributed by atoms with Crippen molar-refractivity contribution in [2.75, 3.05) is 7.11 Å². The van der Waals surface area contributed by atoms with E-state index in [-0.39, 0.29) is 0 Å². The van der Waals surface area contributed by atoms with E-state index in [0.717, 1.165) is 62.5 Å². The Morgan fingerprint density at radius 2 is 1.75 bits per heavy atom. The van der Waals surface area contributed by atoms with Crippen LogP contribution in [0.25, 0.3) is 5.57 Å². The molecule has 1 aromatic heterocycles. The first-order valence-electron chi connectivity index (χ1n) is 11.3. The lowest BCUT2D eigenvalue weighted by Gasteiger charge is -2.12. The Balaban J connectivity index is 1.37. The van der Waals surface area contributed by atoms with Crippen molar-refractivity contribution in [2.45, 2.75) is 45.1 Å². The van der Waals surface area contributed by atoms with Gasteiger partial charge in [-0.05, 0) is 53.7 Å². The van der Waals surface area contributed by atoms with Gasteiger partial charge in [0.25, 0.3) is 0 Å². The van der Waals surface area contributed by atoms with Crippen molar-refractivity contribution < 1.29 is 4.74 Å². The van der Waals surface area contributed by atoms with Gasteiger partial charge in [0, 0.05) is 37.7 Å². The van der Waals surface area contributed by atoms with Gasteiger partial charge < -0.3 is 9.30 Å². The molecule has 0 spiro atoms. The van der Waals surface area contributed by atoms with Gasteiger partial charge in [-0.15, -0.1) is 10.2 Å². The Morgan fingerprint density at radius 3 is 2.53 bits per heavy atom.